The fourth-order valence-corrected chi connectivity index (χ4v) is 6.41. The lowest BCUT2D eigenvalue weighted by Gasteiger charge is -2.70. The number of Topliss-reactive ketones (excluding diaryl/α,β-unsaturated/α-hetero) is 1. The number of benzene rings is 2. The molecule has 202 valence electrons. The van der Waals surface area contributed by atoms with Crippen LogP contribution in [-0.4, -0.2) is 42.3 Å². The summed E-state index contributed by atoms with van der Waals surface area (Å²) in [6.07, 6.45) is 5.80. The minimum atomic E-state index is -1.02. The number of carbonyl (C=O) groups is 3. The Morgan fingerprint density at radius 2 is 1.56 bits per heavy atom. The van der Waals surface area contributed by atoms with Gasteiger partial charge in [0.15, 0.2) is 11.5 Å². The Labute approximate surface area is 226 Å². The van der Waals surface area contributed by atoms with E-state index in [0.29, 0.717) is 53.5 Å². The van der Waals surface area contributed by atoms with Crippen molar-refractivity contribution < 1.29 is 28.6 Å². The summed E-state index contributed by atoms with van der Waals surface area (Å²) in [5.74, 6) is 2.04. The quantitative estimate of drug-likeness (QED) is 0.363. The molecule has 4 aliphatic rings. The number of ketones is 1. The standard InChI is InChI=1S/C30H31N3O6/c1-18(34)14-28-15-29(16-28,17-28)33-27(36)30(9-10-30)26(35)32-19-4-6-20(7-5-19)39-23-8-11-31-22-13-25(38-3)24(37-2)12-21(22)23/h4-8,11-13H,9-10,14-17H2,1-3H3,(H,32,35)(H,33,36). The van der Waals surface area contributed by atoms with Gasteiger partial charge in [-0.1, -0.05) is 0 Å². The highest BCUT2D eigenvalue weighted by Gasteiger charge is 2.70. The van der Waals surface area contributed by atoms with Gasteiger partial charge in [-0.3, -0.25) is 14.6 Å². The highest BCUT2D eigenvalue weighted by molar-refractivity contribution is 6.13. The maximum Gasteiger partial charge on any atom is 0.240 e. The maximum atomic E-state index is 13.1. The van der Waals surface area contributed by atoms with Crippen LogP contribution >= 0.6 is 0 Å². The molecule has 39 heavy (non-hydrogen) atoms. The van der Waals surface area contributed by atoms with E-state index in [1.165, 1.54) is 0 Å². The predicted octanol–water partition coefficient (Wildman–Crippen LogP) is 4.78. The van der Waals surface area contributed by atoms with Crippen molar-refractivity contribution in [1.29, 1.82) is 0 Å². The number of hydrogen-bond donors (Lipinski definition) is 2. The zero-order valence-corrected chi connectivity index (χ0v) is 22.3. The molecule has 2 bridgehead atoms. The smallest absolute Gasteiger partial charge is 0.240 e. The van der Waals surface area contributed by atoms with Crippen LogP contribution in [0.2, 0.25) is 0 Å². The third-order valence-corrected chi connectivity index (χ3v) is 8.31. The van der Waals surface area contributed by atoms with Crippen LogP contribution in [0.3, 0.4) is 0 Å². The molecule has 0 aliphatic heterocycles. The Bertz CT molecular complexity index is 1470. The molecule has 1 heterocycles. The Morgan fingerprint density at radius 3 is 2.18 bits per heavy atom. The molecule has 0 saturated heterocycles. The largest absolute Gasteiger partial charge is 0.493 e. The molecule has 0 radical (unpaired) electrons. The lowest BCUT2D eigenvalue weighted by atomic mass is 9.38. The molecule has 0 spiro atoms. The predicted molar refractivity (Wildman–Crippen MR) is 144 cm³/mol. The van der Waals surface area contributed by atoms with E-state index in [1.807, 2.05) is 6.07 Å². The fraction of sp³-hybridized carbons (Fsp3) is 0.400. The minimum Gasteiger partial charge on any atom is -0.493 e. The average molecular weight is 530 g/mol. The van der Waals surface area contributed by atoms with Crippen LogP contribution < -0.4 is 24.8 Å². The first-order valence-corrected chi connectivity index (χ1v) is 13.1. The second-order valence-corrected chi connectivity index (χ2v) is 11.3. The first-order valence-electron chi connectivity index (χ1n) is 13.1. The van der Waals surface area contributed by atoms with E-state index >= 15 is 0 Å². The maximum absolute atomic E-state index is 13.1. The number of methoxy groups -OCH3 is 2. The van der Waals surface area contributed by atoms with Gasteiger partial charge in [0.1, 0.15) is 22.7 Å². The molecule has 0 atom stereocenters. The number of rotatable bonds is 10. The van der Waals surface area contributed by atoms with Crippen molar-refractivity contribution in [2.45, 2.75) is 51.0 Å². The molecule has 1 aromatic heterocycles. The van der Waals surface area contributed by atoms with E-state index in [-0.39, 0.29) is 28.6 Å². The second-order valence-electron chi connectivity index (χ2n) is 11.3. The monoisotopic (exact) mass is 529 g/mol. The minimum absolute atomic E-state index is 0.0728. The molecule has 4 saturated carbocycles. The topological polar surface area (TPSA) is 116 Å². The summed E-state index contributed by atoms with van der Waals surface area (Å²) in [7, 11) is 3.15. The lowest BCUT2D eigenvalue weighted by molar-refractivity contribution is -0.173. The number of ether oxygens (including phenoxy) is 3. The van der Waals surface area contributed by atoms with Gasteiger partial charge in [0.2, 0.25) is 11.8 Å². The Kier molecular flexibility index (Phi) is 5.78. The first-order chi connectivity index (χ1) is 18.7. The Hall–Kier alpha value is -4.14. The number of fused-ring (bicyclic) bond motifs is 1. The van der Waals surface area contributed by atoms with E-state index in [0.717, 1.165) is 24.6 Å². The number of nitrogens with zero attached hydrogens (tertiary/aromatic N) is 1. The van der Waals surface area contributed by atoms with E-state index in [2.05, 4.69) is 15.6 Å². The van der Waals surface area contributed by atoms with E-state index in [1.54, 1.807) is 63.7 Å². The van der Waals surface area contributed by atoms with Gasteiger partial charge < -0.3 is 29.6 Å². The molecule has 7 rings (SSSR count). The third-order valence-electron chi connectivity index (χ3n) is 8.31. The van der Waals surface area contributed by atoms with Gasteiger partial charge in [-0.05, 0) is 80.8 Å². The molecule has 2 amide bonds. The summed E-state index contributed by atoms with van der Waals surface area (Å²) in [5.41, 5.74) is 0.115. The van der Waals surface area contributed by atoms with E-state index < -0.39 is 5.41 Å². The summed E-state index contributed by atoms with van der Waals surface area (Å²) in [6.45, 7) is 1.62. The summed E-state index contributed by atoms with van der Waals surface area (Å²) >= 11 is 0. The summed E-state index contributed by atoms with van der Waals surface area (Å²) < 4.78 is 16.9. The van der Waals surface area contributed by atoms with Crippen molar-refractivity contribution in [3.05, 3.63) is 48.7 Å². The van der Waals surface area contributed by atoms with Crippen molar-refractivity contribution in [3.63, 3.8) is 0 Å². The molecule has 2 aromatic carbocycles. The lowest BCUT2D eigenvalue weighted by Crippen LogP contribution is -2.75. The molecule has 3 aromatic rings. The second kappa shape index (κ2) is 8.97. The van der Waals surface area contributed by atoms with Crippen LogP contribution in [0.25, 0.3) is 10.9 Å². The van der Waals surface area contributed by atoms with Gasteiger partial charge in [0.05, 0.1) is 19.7 Å². The van der Waals surface area contributed by atoms with Gasteiger partial charge in [-0.15, -0.1) is 0 Å². The van der Waals surface area contributed by atoms with Crippen molar-refractivity contribution >= 4 is 34.2 Å². The number of anilines is 1. The van der Waals surface area contributed by atoms with Crippen LogP contribution in [0.4, 0.5) is 5.69 Å². The highest BCUT2D eigenvalue weighted by Crippen LogP contribution is 2.69. The number of pyridine rings is 1. The normalized spacial score (nSPS) is 23.6. The molecule has 2 N–H and O–H groups in total. The van der Waals surface area contributed by atoms with Gasteiger partial charge >= 0.3 is 0 Å². The molecular formula is C30H31N3O6. The summed E-state index contributed by atoms with van der Waals surface area (Å²) in [5, 5.41) is 6.81. The summed E-state index contributed by atoms with van der Waals surface area (Å²) in [4.78, 5) is 42.1. The van der Waals surface area contributed by atoms with Gasteiger partial charge in [0, 0.05) is 35.3 Å². The number of nitrogens with one attached hydrogen (secondary N) is 2. The van der Waals surface area contributed by atoms with Crippen LogP contribution in [0.15, 0.2) is 48.7 Å². The highest BCUT2D eigenvalue weighted by atomic mass is 16.5. The van der Waals surface area contributed by atoms with Crippen molar-refractivity contribution in [1.82, 2.24) is 10.3 Å². The molecule has 0 unspecified atom stereocenters. The number of hydrogen-bond acceptors (Lipinski definition) is 7. The molecule has 4 aliphatic carbocycles. The van der Waals surface area contributed by atoms with Crippen molar-refractivity contribution in [3.8, 4) is 23.0 Å². The van der Waals surface area contributed by atoms with Crippen LogP contribution in [-0.2, 0) is 14.4 Å². The number of amides is 2. The first kappa shape index (κ1) is 25.2. The van der Waals surface area contributed by atoms with Gasteiger partial charge in [-0.25, -0.2) is 0 Å². The van der Waals surface area contributed by atoms with Gasteiger partial charge in [-0.2, -0.15) is 0 Å². The van der Waals surface area contributed by atoms with Crippen LogP contribution in [0, 0.1) is 10.8 Å². The van der Waals surface area contributed by atoms with Gasteiger partial charge in [0.25, 0.3) is 0 Å². The van der Waals surface area contributed by atoms with Crippen molar-refractivity contribution in [2.75, 3.05) is 19.5 Å². The van der Waals surface area contributed by atoms with E-state index in [9.17, 15) is 14.4 Å². The molecule has 4 fully saturated rings. The SMILES string of the molecule is COc1cc2nccc(Oc3ccc(NC(=O)C4(C(=O)NC56CC(CC(C)=O)(C5)C6)CC4)cc3)c2cc1OC. The van der Waals surface area contributed by atoms with Crippen molar-refractivity contribution in [2.24, 2.45) is 10.8 Å². The molecular weight excluding hydrogens is 498 g/mol. The van der Waals surface area contributed by atoms with Crippen LogP contribution in [0.1, 0.15) is 45.4 Å². The molecule has 9 nitrogen and oxygen atoms in total. The Morgan fingerprint density at radius 1 is 0.897 bits per heavy atom. The van der Waals surface area contributed by atoms with Crippen LogP contribution in [0.5, 0.6) is 23.0 Å². The molecule has 9 heteroatoms. The summed E-state index contributed by atoms with van der Waals surface area (Å²) in [6, 6.07) is 12.4. The zero-order chi connectivity index (χ0) is 27.4. The average Bonchev–Trinajstić information content (AvgIpc) is 3.69. The Balaban J connectivity index is 1.09. The fourth-order valence-electron chi connectivity index (χ4n) is 6.41. The number of carbonyl (C=O) groups excluding carboxylic acids is 3. The van der Waals surface area contributed by atoms with E-state index in [4.69, 9.17) is 14.2 Å². The zero-order valence-electron chi connectivity index (χ0n) is 22.3. The number of aromatic nitrogens is 1. The third kappa shape index (κ3) is 4.35.